The van der Waals surface area contributed by atoms with Gasteiger partial charge in [0.1, 0.15) is 0 Å². The Hall–Kier alpha value is -1.12. The Morgan fingerprint density at radius 2 is 1.82 bits per heavy atom. The minimum absolute atomic E-state index is 0.176. The van der Waals surface area contributed by atoms with Gasteiger partial charge in [-0.3, -0.25) is 0 Å². The molecule has 2 rings (SSSR count). The van der Waals surface area contributed by atoms with E-state index in [1.807, 2.05) is 6.08 Å². The summed E-state index contributed by atoms with van der Waals surface area (Å²) in [6.45, 7) is 7.66. The number of hydrogen-bond donors (Lipinski definition) is 0. The number of benzene rings is 1. The molecule has 0 amide bonds. The number of unbranched alkanes of at least 4 members (excludes halogenated alkanes) is 3. The molecule has 0 unspecified atom stereocenters. The second kappa shape index (κ2) is 9.81. The lowest BCUT2D eigenvalue weighted by atomic mass is 10.0. The van der Waals surface area contributed by atoms with E-state index in [1.54, 1.807) is 0 Å². The molecule has 1 aliphatic rings. The lowest BCUT2D eigenvalue weighted by molar-refractivity contribution is -0.206. The second-order valence-electron chi connectivity index (χ2n) is 6.28. The molecular formula is C20H30O2. The molecule has 1 aromatic carbocycles. The molecule has 22 heavy (non-hydrogen) atoms. The van der Waals surface area contributed by atoms with E-state index in [9.17, 15) is 0 Å². The average molecular weight is 302 g/mol. The van der Waals surface area contributed by atoms with Crippen LogP contribution in [-0.4, -0.2) is 13.2 Å². The van der Waals surface area contributed by atoms with Crippen molar-refractivity contribution in [1.29, 1.82) is 0 Å². The van der Waals surface area contributed by atoms with E-state index in [1.165, 1.54) is 37.7 Å². The summed E-state index contributed by atoms with van der Waals surface area (Å²) in [5.74, 6) is 0.570. The predicted molar refractivity (Wildman–Crippen MR) is 91.9 cm³/mol. The van der Waals surface area contributed by atoms with Crippen molar-refractivity contribution < 1.29 is 9.47 Å². The number of ether oxygens (including phenoxy) is 2. The SMILES string of the molecule is C=CCCCc1ccc(C2OCC(CCCCC)CO2)cc1. The van der Waals surface area contributed by atoms with Gasteiger partial charge in [0.15, 0.2) is 6.29 Å². The van der Waals surface area contributed by atoms with Crippen molar-refractivity contribution in [3.05, 3.63) is 48.0 Å². The summed E-state index contributed by atoms with van der Waals surface area (Å²) in [5, 5.41) is 0. The summed E-state index contributed by atoms with van der Waals surface area (Å²) in [5.41, 5.74) is 2.51. The van der Waals surface area contributed by atoms with E-state index in [2.05, 4.69) is 37.8 Å². The van der Waals surface area contributed by atoms with Crippen LogP contribution in [0.3, 0.4) is 0 Å². The summed E-state index contributed by atoms with van der Waals surface area (Å²) in [7, 11) is 0. The van der Waals surface area contributed by atoms with Gasteiger partial charge in [0.05, 0.1) is 13.2 Å². The lowest BCUT2D eigenvalue weighted by Crippen LogP contribution is -2.27. The number of rotatable bonds is 9. The monoisotopic (exact) mass is 302 g/mol. The van der Waals surface area contributed by atoms with Gasteiger partial charge in [0.25, 0.3) is 0 Å². The van der Waals surface area contributed by atoms with Gasteiger partial charge in [-0.25, -0.2) is 0 Å². The van der Waals surface area contributed by atoms with Crippen LogP contribution < -0.4 is 0 Å². The Morgan fingerprint density at radius 1 is 1.09 bits per heavy atom. The fourth-order valence-corrected chi connectivity index (χ4v) is 2.88. The molecule has 0 N–H and O–H groups in total. The first-order valence-electron chi connectivity index (χ1n) is 8.76. The van der Waals surface area contributed by atoms with Crippen LogP contribution in [0, 0.1) is 5.92 Å². The normalized spacial score (nSPS) is 21.7. The Kier molecular flexibility index (Phi) is 7.68. The third-order valence-corrected chi connectivity index (χ3v) is 4.31. The van der Waals surface area contributed by atoms with Crippen molar-refractivity contribution in [2.75, 3.05) is 13.2 Å². The molecular weight excluding hydrogens is 272 g/mol. The highest BCUT2D eigenvalue weighted by Gasteiger charge is 2.23. The van der Waals surface area contributed by atoms with E-state index in [0.29, 0.717) is 5.92 Å². The quantitative estimate of drug-likeness (QED) is 0.447. The van der Waals surface area contributed by atoms with Crippen LogP contribution in [0.5, 0.6) is 0 Å². The fraction of sp³-hybridized carbons (Fsp3) is 0.600. The highest BCUT2D eigenvalue weighted by atomic mass is 16.7. The van der Waals surface area contributed by atoms with E-state index in [-0.39, 0.29) is 6.29 Å². The summed E-state index contributed by atoms with van der Waals surface area (Å²) in [6, 6.07) is 8.67. The zero-order valence-electron chi connectivity index (χ0n) is 13.9. The molecule has 1 heterocycles. The van der Waals surface area contributed by atoms with Crippen molar-refractivity contribution in [2.24, 2.45) is 5.92 Å². The average Bonchev–Trinajstić information content (AvgIpc) is 2.57. The maximum absolute atomic E-state index is 5.91. The van der Waals surface area contributed by atoms with Gasteiger partial charge in [-0.1, -0.05) is 56.5 Å². The van der Waals surface area contributed by atoms with E-state index >= 15 is 0 Å². The Labute approximate surface area is 135 Å². The van der Waals surface area contributed by atoms with Gasteiger partial charge in [0.2, 0.25) is 0 Å². The van der Waals surface area contributed by atoms with Crippen molar-refractivity contribution in [3.63, 3.8) is 0 Å². The highest BCUT2D eigenvalue weighted by molar-refractivity contribution is 5.23. The van der Waals surface area contributed by atoms with Crippen molar-refractivity contribution in [2.45, 2.75) is 58.2 Å². The van der Waals surface area contributed by atoms with Gasteiger partial charge >= 0.3 is 0 Å². The molecule has 0 bridgehead atoms. The lowest BCUT2D eigenvalue weighted by Gasteiger charge is -2.29. The first kappa shape index (κ1) is 17.2. The first-order chi connectivity index (χ1) is 10.8. The highest BCUT2D eigenvalue weighted by Crippen LogP contribution is 2.27. The zero-order chi connectivity index (χ0) is 15.6. The fourth-order valence-electron chi connectivity index (χ4n) is 2.88. The number of allylic oxidation sites excluding steroid dienone is 1. The largest absolute Gasteiger partial charge is 0.348 e. The summed E-state index contributed by atoms with van der Waals surface area (Å²) < 4.78 is 11.8. The topological polar surface area (TPSA) is 18.5 Å². The molecule has 2 heteroatoms. The molecule has 122 valence electrons. The third-order valence-electron chi connectivity index (χ3n) is 4.31. The maximum atomic E-state index is 5.91. The number of aryl methyl sites for hydroxylation is 1. The van der Waals surface area contributed by atoms with Crippen LogP contribution >= 0.6 is 0 Å². The molecule has 0 saturated carbocycles. The minimum Gasteiger partial charge on any atom is -0.348 e. The zero-order valence-corrected chi connectivity index (χ0v) is 13.9. The molecule has 1 aliphatic heterocycles. The molecule has 0 aromatic heterocycles. The summed E-state index contributed by atoms with van der Waals surface area (Å²) in [6.07, 6.45) is 10.3. The second-order valence-corrected chi connectivity index (χ2v) is 6.28. The Bertz CT molecular complexity index is 416. The maximum Gasteiger partial charge on any atom is 0.183 e. The summed E-state index contributed by atoms with van der Waals surface area (Å²) in [4.78, 5) is 0. The molecule has 1 fully saturated rings. The molecule has 0 radical (unpaired) electrons. The molecule has 1 saturated heterocycles. The first-order valence-corrected chi connectivity index (χ1v) is 8.76. The summed E-state index contributed by atoms with van der Waals surface area (Å²) >= 11 is 0. The minimum atomic E-state index is -0.176. The van der Waals surface area contributed by atoms with Crippen molar-refractivity contribution >= 4 is 0 Å². The smallest absolute Gasteiger partial charge is 0.183 e. The van der Waals surface area contributed by atoms with Gasteiger partial charge in [-0.15, -0.1) is 6.58 Å². The Morgan fingerprint density at radius 3 is 2.45 bits per heavy atom. The third kappa shape index (κ3) is 5.58. The predicted octanol–water partition coefficient (Wildman–Crippen LogP) is 5.44. The van der Waals surface area contributed by atoms with E-state index in [4.69, 9.17) is 9.47 Å². The molecule has 0 aliphatic carbocycles. The van der Waals surface area contributed by atoms with Crippen LogP contribution in [0.2, 0.25) is 0 Å². The van der Waals surface area contributed by atoms with Crippen LogP contribution in [0.15, 0.2) is 36.9 Å². The van der Waals surface area contributed by atoms with Gasteiger partial charge in [-0.2, -0.15) is 0 Å². The van der Waals surface area contributed by atoms with Crippen LogP contribution in [0.4, 0.5) is 0 Å². The molecule has 2 nitrogen and oxygen atoms in total. The van der Waals surface area contributed by atoms with Crippen LogP contribution in [-0.2, 0) is 15.9 Å². The van der Waals surface area contributed by atoms with E-state index in [0.717, 1.165) is 31.6 Å². The molecule has 1 aromatic rings. The van der Waals surface area contributed by atoms with Gasteiger partial charge in [0, 0.05) is 11.5 Å². The van der Waals surface area contributed by atoms with Gasteiger partial charge < -0.3 is 9.47 Å². The van der Waals surface area contributed by atoms with Crippen LogP contribution in [0.25, 0.3) is 0 Å². The molecule has 0 spiro atoms. The van der Waals surface area contributed by atoms with Crippen molar-refractivity contribution in [1.82, 2.24) is 0 Å². The van der Waals surface area contributed by atoms with E-state index < -0.39 is 0 Å². The van der Waals surface area contributed by atoms with Gasteiger partial charge in [-0.05, 0) is 31.2 Å². The molecule has 0 atom stereocenters. The van der Waals surface area contributed by atoms with Crippen molar-refractivity contribution in [3.8, 4) is 0 Å². The standard InChI is InChI=1S/C20H30O2/c1-3-5-7-9-17-11-13-19(14-12-17)20-21-15-18(16-22-20)10-8-6-4-2/h3,11-14,18,20H,1,4-10,15-16H2,2H3. The Balaban J connectivity index is 1.75. The van der Waals surface area contributed by atoms with Crippen LogP contribution in [0.1, 0.15) is 62.9 Å². The number of hydrogen-bond acceptors (Lipinski definition) is 2.